The molecule has 3 N–H and O–H groups in total. The normalized spacial score (nSPS) is 12.6. The van der Waals surface area contributed by atoms with Gasteiger partial charge in [0.2, 0.25) is 4.77 Å². The molecule has 0 spiro atoms. The molecular weight excluding hydrogens is 240 g/mol. The summed E-state index contributed by atoms with van der Waals surface area (Å²) in [6.07, 6.45) is 4.46. The number of aromatic nitrogens is 3. The van der Waals surface area contributed by atoms with Crippen molar-refractivity contribution in [3.8, 4) is 0 Å². The lowest BCUT2D eigenvalue weighted by atomic mass is 9.96. The van der Waals surface area contributed by atoms with Gasteiger partial charge < -0.3 is 5.84 Å². The lowest BCUT2D eigenvalue weighted by Gasteiger charge is -2.14. The zero-order chi connectivity index (χ0) is 12.1. The number of rotatable bonds is 5. The van der Waals surface area contributed by atoms with E-state index in [1.165, 1.54) is 17.5 Å². The second-order valence-electron chi connectivity index (χ2n) is 3.84. The second-order valence-corrected chi connectivity index (χ2v) is 4.61. The minimum atomic E-state index is 0.360. The second kappa shape index (κ2) is 6.10. The molecule has 6 heteroatoms. The van der Waals surface area contributed by atoms with Crippen LogP contribution in [-0.4, -0.2) is 14.9 Å². The highest BCUT2D eigenvalue weighted by atomic mass is 32.1. The van der Waals surface area contributed by atoms with Gasteiger partial charge in [-0.2, -0.15) is 5.10 Å². The number of aromatic amines is 1. The molecule has 1 rings (SSSR count). The number of H-pyrrole nitrogens is 1. The molecule has 1 aromatic heterocycles. The van der Waals surface area contributed by atoms with Crippen LogP contribution in [0.4, 0.5) is 0 Å². The smallest absolute Gasteiger partial charge is 0.213 e. The molecule has 0 fully saturated rings. The summed E-state index contributed by atoms with van der Waals surface area (Å²) < 4.78 is 2.23. The topological polar surface area (TPSA) is 59.6 Å². The van der Waals surface area contributed by atoms with Crippen LogP contribution in [0.15, 0.2) is 0 Å². The lowest BCUT2D eigenvalue weighted by molar-refractivity contribution is 0.540. The molecule has 0 aromatic carbocycles. The molecule has 0 aliphatic rings. The summed E-state index contributed by atoms with van der Waals surface area (Å²) >= 11 is 10.2. The van der Waals surface area contributed by atoms with Gasteiger partial charge in [-0.05, 0) is 25.1 Å². The molecule has 1 aromatic rings. The van der Waals surface area contributed by atoms with Gasteiger partial charge in [0.25, 0.3) is 0 Å². The maximum atomic E-state index is 5.74. The van der Waals surface area contributed by atoms with E-state index in [2.05, 4.69) is 24.0 Å². The molecule has 0 saturated heterocycles. The van der Waals surface area contributed by atoms with Crippen LogP contribution in [0.5, 0.6) is 0 Å². The number of unbranched alkanes of at least 4 members (excludes halogenated alkanes) is 1. The summed E-state index contributed by atoms with van der Waals surface area (Å²) in [4.78, 5) is 0. The third-order valence-electron chi connectivity index (χ3n) is 2.71. The monoisotopic (exact) mass is 258 g/mol. The van der Waals surface area contributed by atoms with E-state index in [1.54, 1.807) is 0 Å². The minimum absolute atomic E-state index is 0.360. The summed E-state index contributed by atoms with van der Waals surface area (Å²) in [5.74, 6) is 6.11. The van der Waals surface area contributed by atoms with Crippen LogP contribution >= 0.6 is 24.4 Å². The molecule has 0 aliphatic carbocycles. The maximum absolute atomic E-state index is 5.74. The van der Waals surface area contributed by atoms with Crippen LogP contribution in [0.25, 0.3) is 0 Å². The Bertz CT molecular complexity index is 449. The van der Waals surface area contributed by atoms with E-state index in [0.717, 1.165) is 18.5 Å². The molecule has 1 atom stereocenters. The van der Waals surface area contributed by atoms with E-state index in [4.69, 9.17) is 30.3 Å². The van der Waals surface area contributed by atoms with Crippen molar-refractivity contribution >= 4 is 24.4 Å². The van der Waals surface area contributed by atoms with Crippen molar-refractivity contribution in [3.63, 3.8) is 0 Å². The van der Waals surface area contributed by atoms with Crippen LogP contribution in [0.2, 0.25) is 0 Å². The third-order valence-corrected chi connectivity index (χ3v) is 3.41. The molecular formula is C10H18N4S2. The third kappa shape index (κ3) is 2.89. The van der Waals surface area contributed by atoms with Crippen molar-refractivity contribution in [1.82, 2.24) is 14.9 Å². The summed E-state index contributed by atoms with van der Waals surface area (Å²) in [6.45, 7) is 4.32. The quantitative estimate of drug-likeness (QED) is 0.629. The first-order valence-electron chi connectivity index (χ1n) is 5.58. The number of nitrogens with zero attached hydrogens (tertiary/aromatic N) is 2. The maximum Gasteiger partial charge on any atom is 0.213 e. The van der Waals surface area contributed by atoms with Gasteiger partial charge in [0.05, 0.1) is 0 Å². The van der Waals surface area contributed by atoms with Crippen LogP contribution < -0.4 is 5.84 Å². The van der Waals surface area contributed by atoms with Gasteiger partial charge in [0, 0.05) is 5.92 Å². The standard InChI is InChI=1S/C10H18N4S2/c1-3-5-6-7(4-2)8-9(15)14(11)10(16)13-12-8/h7H,3-6,11H2,1-2H3,(H,13,16). The summed E-state index contributed by atoms with van der Waals surface area (Å²) in [6, 6.07) is 0. The first-order chi connectivity index (χ1) is 7.61. The average Bonchev–Trinajstić information content (AvgIpc) is 2.29. The predicted molar refractivity (Wildman–Crippen MR) is 71.0 cm³/mol. The Hall–Kier alpha value is -0.750. The van der Waals surface area contributed by atoms with Crippen LogP contribution in [0.1, 0.15) is 51.1 Å². The largest absolute Gasteiger partial charge is 0.336 e. The van der Waals surface area contributed by atoms with Gasteiger partial charge in [0.15, 0.2) is 4.64 Å². The number of nitrogens with one attached hydrogen (secondary N) is 1. The molecule has 1 heterocycles. The zero-order valence-corrected chi connectivity index (χ0v) is 11.3. The Kier molecular flexibility index (Phi) is 5.08. The fraction of sp³-hybridized carbons (Fsp3) is 0.700. The van der Waals surface area contributed by atoms with E-state index >= 15 is 0 Å². The van der Waals surface area contributed by atoms with Crippen molar-refractivity contribution in [2.24, 2.45) is 0 Å². The van der Waals surface area contributed by atoms with Crippen LogP contribution in [-0.2, 0) is 0 Å². The van der Waals surface area contributed by atoms with E-state index in [-0.39, 0.29) is 0 Å². The molecule has 1 unspecified atom stereocenters. The molecule has 0 radical (unpaired) electrons. The lowest BCUT2D eigenvalue weighted by Crippen LogP contribution is -2.18. The summed E-state index contributed by atoms with van der Waals surface area (Å²) in [7, 11) is 0. The number of hydrogen-bond donors (Lipinski definition) is 2. The molecule has 0 bridgehead atoms. The first kappa shape index (κ1) is 13.3. The van der Waals surface area contributed by atoms with E-state index in [0.29, 0.717) is 15.3 Å². The molecule has 0 saturated carbocycles. The number of nitrogens with two attached hydrogens (primary N) is 1. The Morgan fingerprint density at radius 1 is 1.44 bits per heavy atom. The van der Waals surface area contributed by atoms with Crippen molar-refractivity contribution in [1.29, 1.82) is 0 Å². The van der Waals surface area contributed by atoms with Crippen LogP contribution in [0.3, 0.4) is 0 Å². The van der Waals surface area contributed by atoms with Crippen molar-refractivity contribution < 1.29 is 0 Å². The predicted octanol–water partition coefficient (Wildman–Crippen LogP) is 3.07. The van der Waals surface area contributed by atoms with Crippen molar-refractivity contribution in [2.75, 3.05) is 5.84 Å². The molecule has 16 heavy (non-hydrogen) atoms. The summed E-state index contributed by atoms with van der Waals surface area (Å²) in [5.41, 5.74) is 0.863. The van der Waals surface area contributed by atoms with Gasteiger partial charge in [-0.3, -0.25) is 5.10 Å². The van der Waals surface area contributed by atoms with Gasteiger partial charge in [0.1, 0.15) is 5.69 Å². The Morgan fingerprint density at radius 3 is 2.69 bits per heavy atom. The Labute approximate surface area is 106 Å². The highest BCUT2D eigenvalue weighted by molar-refractivity contribution is 7.72. The fourth-order valence-electron chi connectivity index (χ4n) is 1.68. The highest BCUT2D eigenvalue weighted by Crippen LogP contribution is 2.23. The van der Waals surface area contributed by atoms with E-state index in [1.807, 2.05) is 0 Å². The van der Waals surface area contributed by atoms with E-state index in [9.17, 15) is 0 Å². The van der Waals surface area contributed by atoms with Gasteiger partial charge in [-0.25, -0.2) is 4.68 Å². The zero-order valence-electron chi connectivity index (χ0n) is 9.69. The molecule has 90 valence electrons. The average molecular weight is 258 g/mol. The van der Waals surface area contributed by atoms with Crippen molar-refractivity contribution in [3.05, 3.63) is 15.1 Å². The Morgan fingerprint density at radius 2 is 2.12 bits per heavy atom. The first-order valence-corrected chi connectivity index (χ1v) is 6.40. The molecule has 4 nitrogen and oxygen atoms in total. The van der Waals surface area contributed by atoms with Gasteiger partial charge in [-0.15, -0.1) is 0 Å². The highest BCUT2D eigenvalue weighted by Gasteiger charge is 2.14. The van der Waals surface area contributed by atoms with Gasteiger partial charge >= 0.3 is 0 Å². The van der Waals surface area contributed by atoms with Crippen LogP contribution in [0, 0.1) is 9.41 Å². The fourth-order valence-corrected chi connectivity index (χ4v) is 2.17. The molecule has 0 amide bonds. The number of nitrogen functional groups attached to an aromatic ring is 1. The van der Waals surface area contributed by atoms with Gasteiger partial charge in [-0.1, -0.05) is 38.9 Å². The number of hydrogen-bond acceptors (Lipinski definition) is 4. The summed E-state index contributed by atoms with van der Waals surface area (Å²) in [5, 5.41) is 6.96. The van der Waals surface area contributed by atoms with Crippen molar-refractivity contribution in [2.45, 2.75) is 45.4 Å². The molecule has 0 aliphatic heterocycles. The minimum Gasteiger partial charge on any atom is -0.336 e. The SMILES string of the molecule is CCCCC(CC)c1n[nH]c(=S)n(N)c1=S. The van der Waals surface area contributed by atoms with E-state index < -0.39 is 0 Å². The Balaban J connectivity index is 3.06.